The van der Waals surface area contributed by atoms with Gasteiger partial charge in [-0.05, 0) is 43.0 Å². The molecule has 1 N–H and O–H groups in total. The van der Waals surface area contributed by atoms with Crippen molar-refractivity contribution in [2.24, 2.45) is 0 Å². The molecule has 0 saturated carbocycles. The molecule has 2 rings (SSSR count). The average Bonchev–Trinajstić information content (AvgIpc) is 2.75. The van der Waals surface area contributed by atoms with Gasteiger partial charge in [0, 0.05) is 17.3 Å². The molecule has 0 fully saturated rings. The van der Waals surface area contributed by atoms with Crippen LogP contribution in [-0.4, -0.2) is 28.9 Å². The quantitative estimate of drug-likeness (QED) is 0.822. The summed E-state index contributed by atoms with van der Waals surface area (Å²) in [5, 5.41) is 10.6. The molecule has 98 valence electrons. The first kappa shape index (κ1) is 13.6. The predicted octanol–water partition coefficient (Wildman–Crippen LogP) is 2.73. The van der Waals surface area contributed by atoms with Crippen LogP contribution < -0.4 is 4.74 Å². The third-order valence-electron chi connectivity index (χ3n) is 3.11. The Balaban J connectivity index is 1.89. The van der Waals surface area contributed by atoms with Gasteiger partial charge < -0.3 is 9.84 Å². The molecule has 1 aliphatic rings. The summed E-state index contributed by atoms with van der Waals surface area (Å²) < 4.78 is 5.55. The molecule has 1 aromatic rings. The smallest absolute Gasteiger partial charge is 0.163 e. The number of aliphatic hydroxyl groups excluding tert-OH is 1. The standard InChI is InChI=1S/C14H17BrO3/c15-7-1-2-11(16)9-18-12-4-5-13-10(8-12)3-6-14(13)17/h4-5,8,11,16H,1-3,6-7,9H2. The molecule has 0 saturated heterocycles. The number of carbonyl (C=O) groups excluding carboxylic acids is 1. The van der Waals surface area contributed by atoms with Crippen LogP contribution in [0, 0.1) is 0 Å². The van der Waals surface area contributed by atoms with Crippen LogP contribution in [0.2, 0.25) is 0 Å². The van der Waals surface area contributed by atoms with Gasteiger partial charge in [0.05, 0.1) is 6.10 Å². The van der Waals surface area contributed by atoms with Gasteiger partial charge >= 0.3 is 0 Å². The zero-order chi connectivity index (χ0) is 13.0. The largest absolute Gasteiger partial charge is 0.491 e. The van der Waals surface area contributed by atoms with E-state index in [0.29, 0.717) is 13.0 Å². The van der Waals surface area contributed by atoms with E-state index in [4.69, 9.17) is 4.74 Å². The zero-order valence-electron chi connectivity index (χ0n) is 10.2. The van der Waals surface area contributed by atoms with Gasteiger partial charge in [0.15, 0.2) is 5.78 Å². The molecule has 1 atom stereocenters. The summed E-state index contributed by atoms with van der Waals surface area (Å²) in [5.74, 6) is 0.954. The molecule has 0 spiro atoms. The number of ketones is 1. The highest BCUT2D eigenvalue weighted by Crippen LogP contribution is 2.26. The fourth-order valence-electron chi connectivity index (χ4n) is 2.11. The minimum absolute atomic E-state index is 0.217. The minimum Gasteiger partial charge on any atom is -0.491 e. The molecule has 0 radical (unpaired) electrons. The van der Waals surface area contributed by atoms with Crippen molar-refractivity contribution in [2.45, 2.75) is 31.8 Å². The van der Waals surface area contributed by atoms with Crippen LogP contribution in [0.1, 0.15) is 35.2 Å². The second kappa shape index (κ2) is 6.34. The highest BCUT2D eigenvalue weighted by Gasteiger charge is 2.19. The van der Waals surface area contributed by atoms with E-state index in [9.17, 15) is 9.90 Å². The third-order valence-corrected chi connectivity index (χ3v) is 3.67. The van der Waals surface area contributed by atoms with Crippen LogP contribution >= 0.6 is 15.9 Å². The van der Waals surface area contributed by atoms with Gasteiger partial charge in [-0.1, -0.05) is 15.9 Å². The Bertz CT molecular complexity index is 431. The molecule has 18 heavy (non-hydrogen) atoms. The van der Waals surface area contributed by atoms with Gasteiger partial charge in [0.2, 0.25) is 0 Å². The highest BCUT2D eigenvalue weighted by atomic mass is 79.9. The second-order valence-electron chi connectivity index (χ2n) is 4.54. The van der Waals surface area contributed by atoms with Crippen molar-refractivity contribution in [1.29, 1.82) is 0 Å². The molecule has 0 aromatic heterocycles. The SMILES string of the molecule is O=C1CCc2cc(OCC(O)CCCBr)ccc21. The van der Waals surface area contributed by atoms with E-state index < -0.39 is 6.10 Å². The molecule has 0 heterocycles. The van der Waals surface area contributed by atoms with Gasteiger partial charge in [0.25, 0.3) is 0 Å². The topological polar surface area (TPSA) is 46.5 Å². The maximum absolute atomic E-state index is 11.5. The average molecular weight is 313 g/mol. The van der Waals surface area contributed by atoms with Crippen molar-refractivity contribution in [3.8, 4) is 5.75 Å². The summed E-state index contributed by atoms with van der Waals surface area (Å²) in [5.41, 5.74) is 1.88. The molecule has 0 aliphatic heterocycles. The Morgan fingerprint density at radius 3 is 3.00 bits per heavy atom. The van der Waals surface area contributed by atoms with Gasteiger partial charge in [-0.15, -0.1) is 0 Å². The lowest BCUT2D eigenvalue weighted by molar-refractivity contribution is 0.0988. The van der Waals surface area contributed by atoms with E-state index in [1.807, 2.05) is 12.1 Å². The number of fused-ring (bicyclic) bond motifs is 1. The summed E-state index contributed by atoms with van der Waals surface area (Å²) >= 11 is 3.33. The molecule has 0 amide bonds. The lowest BCUT2D eigenvalue weighted by Crippen LogP contribution is -2.17. The van der Waals surface area contributed by atoms with E-state index in [1.54, 1.807) is 6.07 Å². The summed E-state index contributed by atoms with van der Waals surface area (Å²) in [6, 6.07) is 5.54. The number of aryl methyl sites for hydroxylation is 1. The Kier molecular flexibility index (Phi) is 4.78. The number of hydrogen-bond acceptors (Lipinski definition) is 3. The first-order valence-corrected chi connectivity index (χ1v) is 7.36. The van der Waals surface area contributed by atoms with Crippen molar-refractivity contribution < 1.29 is 14.6 Å². The fraction of sp³-hybridized carbons (Fsp3) is 0.500. The van der Waals surface area contributed by atoms with Crippen LogP contribution in [0.15, 0.2) is 18.2 Å². The van der Waals surface area contributed by atoms with E-state index in [-0.39, 0.29) is 5.78 Å². The monoisotopic (exact) mass is 312 g/mol. The van der Waals surface area contributed by atoms with E-state index in [0.717, 1.165) is 41.5 Å². The van der Waals surface area contributed by atoms with Crippen LogP contribution in [0.4, 0.5) is 0 Å². The Morgan fingerprint density at radius 2 is 2.22 bits per heavy atom. The molecular formula is C14H17BrO3. The fourth-order valence-corrected chi connectivity index (χ4v) is 2.43. The van der Waals surface area contributed by atoms with Crippen LogP contribution in [0.3, 0.4) is 0 Å². The number of rotatable bonds is 6. The van der Waals surface area contributed by atoms with Crippen molar-refractivity contribution in [2.75, 3.05) is 11.9 Å². The predicted molar refractivity (Wildman–Crippen MR) is 73.6 cm³/mol. The van der Waals surface area contributed by atoms with Crippen LogP contribution in [-0.2, 0) is 6.42 Å². The second-order valence-corrected chi connectivity index (χ2v) is 5.33. The minimum atomic E-state index is -0.433. The lowest BCUT2D eigenvalue weighted by Gasteiger charge is -2.12. The van der Waals surface area contributed by atoms with Crippen LogP contribution in [0.5, 0.6) is 5.75 Å². The lowest BCUT2D eigenvalue weighted by atomic mass is 10.1. The number of benzene rings is 1. The number of aliphatic hydroxyl groups is 1. The van der Waals surface area contributed by atoms with Crippen molar-refractivity contribution in [3.63, 3.8) is 0 Å². The molecule has 4 heteroatoms. The van der Waals surface area contributed by atoms with Crippen LogP contribution in [0.25, 0.3) is 0 Å². The Morgan fingerprint density at radius 1 is 1.39 bits per heavy atom. The van der Waals surface area contributed by atoms with E-state index in [1.165, 1.54) is 0 Å². The maximum Gasteiger partial charge on any atom is 0.163 e. The first-order valence-electron chi connectivity index (χ1n) is 6.23. The molecule has 3 nitrogen and oxygen atoms in total. The van der Waals surface area contributed by atoms with Crippen molar-refractivity contribution in [3.05, 3.63) is 29.3 Å². The number of Topliss-reactive ketones (excluding diaryl/α,β-unsaturated/α-hetero) is 1. The van der Waals surface area contributed by atoms with Gasteiger partial charge in [-0.2, -0.15) is 0 Å². The highest BCUT2D eigenvalue weighted by molar-refractivity contribution is 9.09. The molecule has 1 unspecified atom stereocenters. The number of halogens is 1. The van der Waals surface area contributed by atoms with Gasteiger partial charge in [0.1, 0.15) is 12.4 Å². The summed E-state index contributed by atoms with van der Waals surface area (Å²) in [4.78, 5) is 11.5. The van der Waals surface area contributed by atoms with Crippen molar-refractivity contribution in [1.82, 2.24) is 0 Å². The normalized spacial score (nSPS) is 15.6. The van der Waals surface area contributed by atoms with E-state index >= 15 is 0 Å². The van der Waals surface area contributed by atoms with E-state index in [2.05, 4.69) is 15.9 Å². The number of ether oxygens (including phenoxy) is 1. The zero-order valence-corrected chi connectivity index (χ0v) is 11.8. The molecule has 1 aromatic carbocycles. The summed E-state index contributed by atoms with van der Waals surface area (Å²) in [7, 11) is 0. The Labute approximate surface area is 115 Å². The van der Waals surface area contributed by atoms with Gasteiger partial charge in [-0.25, -0.2) is 0 Å². The van der Waals surface area contributed by atoms with Crippen molar-refractivity contribution >= 4 is 21.7 Å². The number of carbonyl (C=O) groups is 1. The maximum atomic E-state index is 11.5. The molecule has 0 bridgehead atoms. The first-order chi connectivity index (χ1) is 8.70. The number of hydrogen-bond donors (Lipinski definition) is 1. The van der Waals surface area contributed by atoms with Gasteiger partial charge in [-0.3, -0.25) is 4.79 Å². The summed E-state index contributed by atoms with van der Waals surface area (Å²) in [6.45, 7) is 0.305. The third kappa shape index (κ3) is 3.33. The summed E-state index contributed by atoms with van der Waals surface area (Å²) in [6.07, 6.45) is 2.64. The Hall–Kier alpha value is -0.870. The molecular weight excluding hydrogens is 296 g/mol. The molecule has 1 aliphatic carbocycles. The number of alkyl halides is 1.